The highest BCUT2D eigenvalue weighted by Gasteiger charge is 2.34. The van der Waals surface area contributed by atoms with Gasteiger partial charge in [-0.05, 0) is 29.6 Å². The second-order valence-corrected chi connectivity index (χ2v) is 6.95. The van der Waals surface area contributed by atoms with E-state index in [9.17, 15) is 14.9 Å². The van der Waals surface area contributed by atoms with E-state index in [4.69, 9.17) is 5.73 Å². The first-order valence-corrected chi connectivity index (χ1v) is 8.76. The molecule has 1 saturated heterocycles. The van der Waals surface area contributed by atoms with Crippen LogP contribution in [0.1, 0.15) is 38.5 Å². The molecule has 2 aliphatic rings. The fraction of sp³-hybridized carbons (Fsp3) is 0.750. The number of fused-ring (bicyclic) bond motifs is 1. The van der Waals surface area contributed by atoms with Crippen LogP contribution in [-0.4, -0.2) is 44.4 Å². The Morgan fingerprint density at radius 1 is 1.36 bits per heavy atom. The molecule has 2 fully saturated rings. The number of carbonyl (C=O) groups is 1. The van der Waals surface area contributed by atoms with Gasteiger partial charge in [-0.1, -0.05) is 24.2 Å². The van der Waals surface area contributed by atoms with Gasteiger partial charge in [0.2, 0.25) is 5.91 Å². The van der Waals surface area contributed by atoms with Crippen LogP contribution in [0.3, 0.4) is 0 Å². The van der Waals surface area contributed by atoms with Gasteiger partial charge in [0, 0.05) is 19.5 Å². The summed E-state index contributed by atoms with van der Waals surface area (Å²) in [6, 6.07) is -0.618. The van der Waals surface area contributed by atoms with Gasteiger partial charge in [0.1, 0.15) is 12.4 Å². The van der Waals surface area contributed by atoms with Crippen LogP contribution in [0, 0.1) is 22.0 Å². The van der Waals surface area contributed by atoms with Crippen molar-refractivity contribution in [1.82, 2.24) is 14.5 Å². The number of amides is 1. The van der Waals surface area contributed by atoms with E-state index < -0.39 is 11.0 Å². The summed E-state index contributed by atoms with van der Waals surface area (Å²) in [5.41, 5.74) is 6.06. The first-order chi connectivity index (χ1) is 11.6. The average molecular weight is 372 g/mol. The van der Waals surface area contributed by atoms with E-state index in [1.165, 1.54) is 36.4 Å². The molecule has 25 heavy (non-hydrogen) atoms. The molecule has 1 unspecified atom stereocenters. The quantitative estimate of drug-likeness (QED) is 0.628. The summed E-state index contributed by atoms with van der Waals surface area (Å²) >= 11 is 0. The molecule has 1 aliphatic heterocycles. The Bertz CT molecular complexity index is 608. The van der Waals surface area contributed by atoms with Gasteiger partial charge in [-0.25, -0.2) is 4.57 Å². The molecule has 0 spiro atoms. The van der Waals surface area contributed by atoms with Crippen LogP contribution in [0.15, 0.2) is 12.4 Å². The lowest BCUT2D eigenvalue weighted by Crippen LogP contribution is -2.50. The molecule has 1 aromatic rings. The third-order valence-electron chi connectivity index (χ3n) is 5.46. The summed E-state index contributed by atoms with van der Waals surface area (Å²) in [5, 5.41) is 10.9. The van der Waals surface area contributed by atoms with Gasteiger partial charge in [-0.15, -0.1) is 12.4 Å². The molecule has 140 valence electrons. The largest absolute Gasteiger partial charge is 0.434 e. The van der Waals surface area contributed by atoms with E-state index in [0.717, 1.165) is 25.4 Å². The molecule has 0 aromatic carbocycles. The molecule has 1 aromatic heterocycles. The minimum Gasteiger partial charge on any atom is -0.390 e. The van der Waals surface area contributed by atoms with Gasteiger partial charge in [-0.3, -0.25) is 4.79 Å². The van der Waals surface area contributed by atoms with Crippen LogP contribution in [0.5, 0.6) is 0 Å². The summed E-state index contributed by atoms with van der Waals surface area (Å²) in [4.78, 5) is 28.5. The minimum atomic E-state index is -0.618. The average Bonchev–Trinajstić information content (AvgIpc) is 3.07. The van der Waals surface area contributed by atoms with E-state index >= 15 is 0 Å². The zero-order valence-electron chi connectivity index (χ0n) is 14.2. The number of carbonyl (C=O) groups excluding carboxylic acids is 1. The van der Waals surface area contributed by atoms with Crippen LogP contribution < -0.4 is 5.73 Å². The molecule has 8 nitrogen and oxygen atoms in total. The van der Waals surface area contributed by atoms with Gasteiger partial charge >= 0.3 is 5.95 Å². The summed E-state index contributed by atoms with van der Waals surface area (Å²) in [7, 11) is 0. The number of piperidine rings is 1. The molecule has 2 N–H and O–H groups in total. The van der Waals surface area contributed by atoms with Crippen molar-refractivity contribution in [2.45, 2.75) is 51.1 Å². The first kappa shape index (κ1) is 19.7. The number of halogens is 1. The smallest absolute Gasteiger partial charge is 0.390 e. The van der Waals surface area contributed by atoms with E-state index in [0.29, 0.717) is 18.9 Å². The highest BCUT2D eigenvalue weighted by atomic mass is 35.5. The van der Waals surface area contributed by atoms with Crippen LogP contribution in [0.25, 0.3) is 0 Å². The molecule has 3 atom stereocenters. The van der Waals surface area contributed by atoms with Crippen molar-refractivity contribution in [3.8, 4) is 0 Å². The van der Waals surface area contributed by atoms with Crippen molar-refractivity contribution in [1.29, 1.82) is 0 Å². The van der Waals surface area contributed by atoms with Crippen LogP contribution >= 0.6 is 12.4 Å². The number of imidazole rings is 1. The zero-order valence-corrected chi connectivity index (χ0v) is 15.1. The number of hydrogen-bond acceptors (Lipinski definition) is 5. The van der Waals surface area contributed by atoms with Crippen LogP contribution in [0.2, 0.25) is 0 Å². The number of hydrogen-bond donors (Lipinski definition) is 1. The van der Waals surface area contributed by atoms with Gasteiger partial charge in [0.25, 0.3) is 0 Å². The SMILES string of the molecule is Cl.NC(CCn1ccnc1[N+](=O)[O-])C(=O)N1CC[C@@H]2CCCC[C@H]2C1. The Hall–Kier alpha value is -1.67. The highest BCUT2D eigenvalue weighted by molar-refractivity contribution is 5.85. The molecular formula is C16H26ClN5O3. The predicted molar refractivity (Wildman–Crippen MR) is 95.4 cm³/mol. The van der Waals surface area contributed by atoms with Gasteiger partial charge in [0.05, 0.1) is 12.6 Å². The molecule has 0 radical (unpaired) electrons. The van der Waals surface area contributed by atoms with Crippen molar-refractivity contribution in [3.05, 3.63) is 22.5 Å². The summed E-state index contributed by atoms with van der Waals surface area (Å²) in [6.45, 7) is 1.93. The third kappa shape index (κ3) is 4.49. The molecule has 1 amide bonds. The number of nitrogens with zero attached hydrogens (tertiary/aromatic N) is 4. The van der Waals surface area contributed by atoms with Crippen molar-refractivity contribution in [3.63, 3.8) is 0 Å². The maximum Gasteiger partial charge on any atom is 0.434 e. The number of likely N-dealkylation sites (tertiary alicyclic amines) is 1. The van der Waals surface area contributed by atoms with E-state index in [2.05, 4.69) is 4.98 Å². The van der Waals surface area contributed by atoms with E-state index in [1.807, 2.05) is 4.90 Å². The maximum atomic E-state index is 12.6. The monoisotopic (exact) mass is 371 g/mol. The summed E-state index contributed by atoms with van der Waals surface area (Å²) in [5.74, 6) is 1.16. The van der Waals surface area contributed by atoms with Gasteiger partial charge < -0.3 is 20.7 Å². The van der Waals surface area contributed by atoms with E-state index in [1.54, 1.807) is 6.20 Å². The van der Waals surface area contributed by atoms with Crippen molar-refractivity contribution in [2.24, 2.45) is 17.6 Å². The Kier molecular flexibility index (Phi) is 6.78. The molecule has 0 bridgehead atoms. The number of rotatable bonds is 5. The fourth-order valence-electron chi connectivity index (χ4n) is 4.09. The first-order valence-electron chi connectivity index (χ1n) is 8.76. The highest BCUT2D eigenvalue weighted by Crippen LogP contribution is 2.36. The van der Waals surface area contributed by atoms with Crippen molar-refractivity contribution in [2.75, 3.05) is 13.1 Å². The van der Waals surface area contributed by atoms with E-state index in [-0.39, 0.29) is 24.3 Å². The molecule has 2 heterocycles. The predicted octanol–water partition coefficient (Wildman–Crippen LogP) is 1.97. The van der Waals surface area contributed by atoms with Gasteiger partial charge in [-0.2, -0.15) is 0 Å². The van der Waals surface area contributed by atoms with Crippen molar-refractivity contribution >= 4 is 24.3 Å². The topological polar surface area (TPSA) is 107 Å². The molecule has 1 aliphatic carbocycles. The Morgan fingerprint density at radius 2 is 2.08 bits per heavy atom. The molecule has 1 saturated carbocycles. The molecular weight excluding hydrogens is 346 g/mol. The van der Waals surface area contributed by atoms with Crippen LogP contribution in [-0.2, 0) is 11.3 Å². The Morgan fingerprint density at radius 3 is 2.80 bits per heavy atom. The number of nitrogens with two attached hydrogens (primary N) is 1. The van der Waals surface area contributed by atoms with Crippen LogP contribution in [0.4, 0.5) is 5.95 Å². The molecule has 9 heteroatoms. The lowest BCUT2D eigenvalue weighted by Gasteiger charge is -2.42. The lowest BCUT2D eigenvalue weighted by atomic mass is 9.75. The second-order valence-electron chi connectivity index (χ2n) is 6.95. The number of aryl methyl sites for hydroxylation is 1. The Balaban J connectivity index is 0.00000225. The number of aromatic nitrogens is 2. The second kappa shape index (κ2) is 8.62. The summed E-state index contributed by atoms with van der Waals surface area (Å²) < 4.78 is 1.43. The normalized spacial score (nSPS) is 24.1. The fourth-order valence-corrected chi connectivity index (χ4v) is 4.09. The maximum absolute atomic E-state index is 12.6. The third-order valence-corrected chi connectivity index (χ3v) is 5.46. The van der Waals surface area contributed by atoms with Gasteiger partial charge in [0.15, 0.2) is 0 Å². The standard InChI is InChI=1S/C16H25N5O3.ClH/c17-14(6-9-19-10-7-18-16(19)21(23)24)15(22)20-8-5-12-3-1-2-4-13(12)11-20;/h7,10,12-14H,1-6,8-9,11,17H2;1H/t12-,13-,14?;/m0./s1. The van der Waals surface area contributed by atoms with Crippen molar-refractivity contribution < 1.29 is 9.72 Å². The number of nitro groups is 1. The minimum absolute atomic E-state index is 0. The summed E-state index contributed by atoms with van der Waals surface area (Å²) in [6.07, 6.45) is 9.48. The lowest BCUT2D eigenvalue weighted by molar-refractivity contribution is -0.396. The zero-order chi connectivity index (χ0) is 17.1. The molecule has 3 rings (SSSR count). The Labute approximate surface area is 153 Å².